The first-order valence-electron chi connectivity index (χ1n) is 6.02. The van der Waals surface area contributed by atoms with E-state index in [2.05, 4.69) is 16.8 Å². The van der Waals surface area contributed by atoms with Gasteiger partial charge in [0, 0.05) is 0 Å². The van der Waals surface area contributed by atoms with Gasteiger partial charge in [0.2, 0.25) is 0 Å². The lowest BCUT2D eigenvalue weighted by Gasteiger charge is -2.26. The first kappa shape index (κ1) is 9.86. The first-order chi connectivity index (χ1) is 7.33. The molecule has 0 radical (unpaired) electrons. The zero-order chi connectivity index (χ0) is 10.3. The fraction of sp³-hybridized carbons (Fsp3) is 0.692. The molecule has 0 aliphatic heterocycles. The van der Waals surface area contributed by atoms with Gasteiger partial charge in [0.25, 0.3) is 0 Å². The van der Waals surface area contributed by atoms with Crippen molar-refractivity contribution in [1.29, 1.82) is 0 Å². The molecule has 4 atom stereocenters. The van der Waals surface area contributed by atoms with Gasteiger partial charge in [-0.05, 0) is 65.8 Å². The molecule has 0 aromatic carbocycles. The summed E-state index contributed by atoms with van der Waals surface area (Å²) in [6.45, 7) is 0. The second-order valence-electron chi connectivity index (χ2n) is 5.24. The predicted molar refractivity (Wildman–Crippen MR) is 63.0 cm³/mol. The van der Waals surface area contributed by atoms with Crippen LogP contribution < -0.4 is 0 Å². The molecule has 2 aliphatic carbocycles. The van der Waals surface area contributed by atoms with Gasteiger partial charge in [-0.1, -0.05) is 6.42 Å². The molecule has 2 saturated carbocycles. The summed E-state index contributed by atoms with van der Waals surface area (Å²) < 4.78 is 0. The molecule has 2 aliphatic rings. The molecule has 4 unspecified atom stereocenters. The minimum Gasteiger partial charge on any atom is -0.392 e. The van der Waals surface area contributed by atoms with E-state index >= 15 is 0 Å². The van der Waals surface area contributed by atoms with Gasteiger partial charge in [-0.2, -0.15) is 11.3 Å². The third kappa shape index (κ3) is 1.85. The van der Waals surface area contributed by atoms with Crippen LogP contribution in [-0.2, 0) is 6.42 Å². The predicted octanol–water partition coefficient (Wildman–Crippen LogP) is 3.09. The van der Waals surface area contributed by atoms with Gasteiger partial charge in [0.05, 0.1) is 6.10 Å². The highest BCUT2D eigenvalue weighted by molar-refractivity contribution is 7.07. The summed E-state index contributed by atoms with van der Waals surface area (Å²) in [5, 5.41) is 14.5. The summed E-state index contributed by atoms with van der Waals surface area (Å²) in [6.07, 6.45) is 6.26. The van der Waals surface area contributed by atoms with Crippen molar-refractivity contribution >= 4 is 11.3 Å². The van der Waals surface area contributed by atoms with Gasteiger partial charge in [-0.3, -0.25) is 0 Å². The molecule has 1 nitrogen and oxygen atoms in total. The van der Waals surface area contributed by atoms with Crippen molar-refractivity contribution in [3.63, 3.8) is 0 Å². The molecule has 15 heavy (non-hydrogen) atoms. The van der Waals surface area contributed by atoms with Crippen LogP contribution in [0.4, 0.5) is 0 Å². The van der Waals surface area contributed by atoms with Crippen LogP contribution >= 0.6 is 11.3 Å². The van der Waals surface area contributed by atoms with Crippen molar-refractivity contribution in [2.45, 2.75) is 38.2 Å². The maximum Gasteiger partial charge on any atom is 0.0611 e. The zero-order valence-corrected chi connectivity index (χ0v) is 9.75. The second-order valence-corrected chi connectivity index (χ2v) is 6.02. The lowest BCUT2D eigenvalue weighted by Crippen LogP contribution is -2.27. The third-order valence-electron chi connectivity index (χ3n) is 4.31. The molecule has 2 fully saturated rings. The third-order valence-corrected chi connectivity index (χ3v) is 5.04. The van der Waals surface area contributed by atoms with Crippen molar-refractivity contribution in [3.8, 4) is 0 Å². The average Bonchev–Trinajstić information content (AvgIpc) is 2.93. The van der Waals surface area contributed by atoms with E-state index in [0.717, 1.165) is 18.3 Å². The summed E-state index contributed by atoms with van der Waals surface area (Å²) in [5.41, 5.74) is 1.32. The Labute approximate surface area is 95.1 Å². The van der Waals surface area contributed by atoms with Crippen molar-refractivity contribution < 1.29 is 5.11 Å². The Balaban J connectivity index is 1.63. The lowest BCUT2D eigenvalue weighted by atomic mass is 9.83. The molecule has 0 saturated heterocycles. The molecule has 82 valence electrons. The monoisotopic (exact) mass is 222 g/mol. The molecule has 3 rings (SSSR count). The molecule has 2 bridgehead atoms. The summed E-state index contributed by atoms with van der Waals surface area (Å²) >= 11 is 1.73. The Morgan fingerprint density at radius 1 is 1.40 bits per heavy atom. The fourth-order valence-electron chi connectivity index (χ4n) is 3.57. The van der Waals surface area contributed by atoms with E-state index in [1.165, 1.54) is 31.2 Å². The molecule has 1 heterocycles. The Hall–Kier alpha value is -0.340. The number of aliphatic hydroxyl groups is 1. The van der Waals surface area contributed by atoms with Crippen LogP contribution in [0.3, 0.4) is 0 Å². The van der Waals surface area contributed by atoms with Gasteiger partial charge >= 0.3 is 0 Å². The Kier molecular flexibility index (Phi) is 2.57. The SMILES string of the molecule is OC(Cc1ccsc1)C1CC2CCC1C2. The van der Waals surface area contributed by atoms with Crippen molar-refractivity contribution in [1.82, 2.24) is 0 Å². The summed E-state index contributed by atoms with van der Waals surface area (Å²) in [6, 6.07) is 2.14. The Bertz CT molecular complexity index is 319. The highest BCUT2D eigenvalue weighted by Gasteiger charge is 2.42. The van der Waals surface area contributed by atoms with Crippen molar-refractivity contribution in [2.24, 2.45) is 17.8 Å². The number of aliphatic hydroxyl groups excluding tert-OH is 1. The van der Waals surface area contributed by atoms with Crippen LogP contribution in [0.5, 0.6) is 0 Å². The zero-order valence-electron chi connectivity index (χ0n) is 8.93. The quantitative estimate of drug-likeness (QED) is 0.833. The van der Waals surface area contributed by atoms with Gasteiger partial charge in [0.1, 0.15) is 0 Å². The highest BCUT2D eigenvalue weighted by atomic mass is 32.1. The van der Waals surface area contributed by atoms with Gasteiger partial charge in [0.15, 0.2) is 0 Å². The van der Waals surface area contributed by atoms with E-state index in [1.807, 2.05) is 0 Å². The molecule has 0 amide bonds. The maximum absolute atomic E-state index is 10.2. The van der Waals surface area contributed by atoms with E-state index < -0.39 is 0 Å². The van der Waals surface area contributed by atoms with Crippen LogP contribution in [0.1, 0.15) is 31.2 Å². The summed E-state index contributed by atoms with van der Waals surface area (Å²) in [7, 11) is 0. The summed E-state index contributed by atoms with van der Waals surface area (Å²) in [5.74, 6) is 2.38. The van der Waals surface area contributed by atoms with Crippen LogP contribution in [0.15, 0.2) is 16.8 Å². The molecule has 1 aromatic rings. The van der Waals surface area contributed by atoms with E-state index in [0.29, 0.717) is 5.92 Å². The number of rotatable bonds is 3. The van der Waals surface area contributed by atoms with E-state index in [9.17, 15) is 5.11 Å². The van der Waals surface area contributed by atoms with Gasteiger partial charge < -0.3 is 5.11 Å². The second kappa shape index (κ2) is 3.91. The number of fused-ring (bicyclic) bond motifs is 2. The van der Waals surface area contributed by atoms with Gasteiger partial charge in [-0.25, -0.2) is 0 Å². The standard InChI is InChI=1S/C13H18OS/c14-13(7-10-3-4-15-8-10)12-6-9-1-2-11(12)5-9/h3-4,8-9,11-14H,1-2,5-7H2. The topological polar surface area (TPSA) is 20.2 Å². The van der Waals surface area contributed by atoms with Crippen molar-refractivity contribution in [2.75, 3.05) is 0 Å². The maximum atomic E-state index is 10.2. The molecule has 1 N–H and O–H groups in total. The van der Waals surface area contributed by atoms with E-state index in [1.54, 1.807) is 11.3 Å². The molecular formula is C13H18OS. The minimum absolute atomic E-state index is 0.0881. The summed E-state index contributed by atoms with van der Waals surface area (Å²) in [4.78, 5) is 0. The largest absolute Gasteiger partial charge is 0.392 e. The molecular weight excluding hydrogens is 204 g/mol. The van der Waals surface area contributed by atoms with Crippen LogP contribution in [0.25, 0.3) is 0 Å². The Morgan fingerprint density at radius 2 is 2.33 bits per heavy atom. The first-order valence-corrected chi connectivity index (χ1v) is 6.96. The number of hydrogen-bond acceptors (Lipinski definition) is 2. The minimum atomic E-state index is -0.0881. The molecule has 1 aromatic heterocycles. The van der Waals surface area contributed by atoms with Gasteiger partial charge in [-0.15, -0.1) is 0 Å². The van der Waals surface area contributed by atoms with Crippen LogP contribution in [0, 0.1) is 17.8 Å². The van der Waals surface area contributed by atoms with Crippen LogP contribution in [-0.4, -0.2) is 11.2 Å². The van der Waals surface area contributed by atoms with Crippen LogP contribution in [0.2, 0.25) is 0 Å². The molecule has 2 heteroatoms. The average molecular weight is 222 g/mol. The smallest absolute Gasteiger partial charge is 0.0611 e. The van der Waals surface area contributed by atoms with E-state index in [-0.39, 0.29) is 6.10 Å². The highest BCUT2D eigenvalue weighted by Crippen LogP contribution is 2.49. The number of hydrogen-bond donors (Lipinski definition) is 1. The Morgan fingerprint density at radius 3 is 2.93 bits per heavy atom. The number of thiophene rings is 1. The van der Waals surface area contributed by atoms with E-state index in [4.69, 9.17) is 0 Å². The normalized spacial score (nSPS) is 35.9. The fourth-order valence-corrected chi connectivity index (χ4v) is 4.25. The lowest BCUT2D eigenvalue weighted by molar-refractivity contribution is 0.0751. The molecule has 0 spiro atoms. The van der Waals surface area contributed by atoms with Crippen molar-refractivity contribution in [3.05, 3.63) is 22.4 Å².